The highest BCUT2D eigenvalue weighted by Crippen LogP contribution is 2.29. The quantitative estimate of drug-likeness (QED) is 0.548. The third-order valence-corrected chi connectivity index (χ3v) is 6.46. The van der Waals surface area contributed by atoms with Gasteiger partial charge in [0.25, 0.3) is 0 Å². The standard InChI is InChI=1S/C21H28N2O4S2/c1-17-9-11-18(12-10-17)16-28-14-6-13-22-21(24)15-23(29(3,25)26)19-7-4-5-8-20(19)27-2/h4-5,7-12H,6,13-16H2,1-3H3,(H,22,24). The van der Waals surface area contributed by atoms with Crippen molar-refractivity contribution in [1.82, 2.24) is 5.32 Å². The number of hydrogen-bond acceptors (Lipinski definition) is 5. The van der Waals surface area contributed by atoms with E-state index in [2.05, 4.69) is 36.5 Å². The van der Waals surface area contributed by atoms with E-state index < -0.39 is 10.0 Å². The molecule has 0 aromatic heterocycles. The molecule has 2 aromatic carbocycles. The van der Waals surface area contributed by atoms with Crippen molar-refractivity contribution in [2.24, 2.45) is 0 Å². The normalized spacial score (nSPS) is 11.1. The Morgan fingerprint density at radius 2 is 1.83 bits per heavy atom. The van der Waals surface area contributed by atoms with Crippen LogP contribution in [0.3, 0.4) is 0 Å². The van der Waals surface area contributed by atoms with Crippen LogP contribution in [0.4, 0.5) is 5.69 Å². The number of amides is 1. The molecule has 1 amide bonds. The lowest BCUT2D eigenvalue weighted by molar-refractivity contribution is -0.119. The maximum atomic E-state index is 12.3. The largest absolute Gasteiger partial charge is 0.495 e. The zero-order valence-electron chi connectivity index (χ0n) is 17.1. The van der Waals surface area contributed by atoms with Gasteiger partial charge in [0.15, 0.2) is 0 Å². The SMILES string of the molecule is COc1ccccc1N(CC(=O)NCCCSCc1ccc(C)cc1)S(C)(=O)=O. The lowest BCUT2D eigenvalue weighted by atomic mass is 10.2. The molecule has 0 aliphatic rings. The Morgan fingerprint density at radius 1 is 1.14 bits per heavy atom. The number of aryl methyl sites for hydroxylation is 1. The molecule has 0 fully saturated rings. The number of ether oxygens (including phenoxy) is 1. The Morgan fingerprint density at radius 3 is 2.48 bits per heavy atom. The minimum absolute atomic E-state index is 0.282. The first kappa shape index (κ1) is 23.1. The Labute approximate surface area is 177 Å². The van der Waals surface area contributed by atoms with Gasteiger partial charge in [-0.1, -0.05) is 42.0 Å². The van der Waals surface area contributed by atoms with Crippen LogP contribution < -0.4 is 14.4 Å². The van der Waals surface area contributed by atoms with Gasteiger partial charge in [0.05, 0.1) is 19.1 Å². The second-order valence-electron chi connectivity index (χ2n) is 6.68. The number of methoxy groups -OCH3 is 1. The molecule has 0 spiro atoms. The van der Waals surface area contributed by atoms with Crippen LogP contribution in [0.15, 0.2) is 48.5 Å². The highest BCUT2D eigenvalue weighted by Gasteiger charge is 2.23. The average molecular weight is 437 g/mol. The van der Waals surface area contributed by atoms with E-state index in [1.807, 2.05) is 11.8 Å². The first-order chi connectivity index (χ1) is 13.8. The molecular formula is C21H28N2O4S2. The third-order valence-electron chi connectivity index (χ3n) is 4.22. The smallest absolute Gasteiger partial charge is 0.240 e. The highest BCUT2D eigenvalue weighted by molar-refractivity contribution is 7.98. The monoisotopic (exact) mass is 436 g/mol. The maximum absolute atomic E-state index is 12.3. The minimum atomic E-state index is -3.63. The van der Waals surface area contributed by atoms with Crippen LogP contribution in [0.1, 0.15) is 17.5 Å². The van der Waals surface area contributed by atoms with Gasteiger partial charge in [-0.05, 0) is 36.8 Å². The summed E-state index contributed by atoms with van der Waals surface area (Å²) in [5.74, 6) is 1.91. The zero-order valence-corrected chi connectivity index (χ0v) is 18.7. The molecular weight excluding hydrogens is 408 g/mol. The molecule has 158 valence electrons. The van der Waals surface area contributed by atoms with Crippen molar-refractivity contribution >= 4 is 33.4 Å². The molecule has 0 atom stereocenters. The molecule has 6 nitrogen and oxygen atoms in total. The molecule has 2 aromatic rings. The molecule has 1 N–H and O–H groups in total. The van der Waals surface area contributed by atoms with Crippen molar-refractivity contribution in [3.63, 3.8) is 0 Å². The van der Waals surface area contributed by atoms with Gasteiger partial charge in [0.2, 0.25) is 15.9 Å². The van der Waals surface area contributed by atoms with Gasteiger partial charge >= 0.3 is 0 Å². The lowest BCUT2D eigenvalue weighted by Crippen LogP contribution is -2.40. The Kier molecular flexibility index (Phi) is 8.85. The molecule has 29 heavy (non-hydrogen) atoms. The number of carbonyl (C=O) groups excluding carboxylic acids is 1. The number of rotatable bonds is 11. The van der Waals surface area contributed by atoms with Gasteiger partial charge in [-0.2, -0.15) is 11.8 Å². The molecule has 2 rings (SSSR count). The third kappa shape index (κ3) is 7.62. The van der Waals surface area contributed by atoms with Gasteiger partial charge < -0.3 is 10.1 Å². The van der Waals surface area contributed by atoms with Crippen LogP contribution in [0.2, 0.25) is 0 Å². The fourth-order valence-electron chi connectivity index (χ4n) is 2.68. The predicted molar refractivity (Wildman–Crippen MR) is 120 cm³/mol. The van der Waals surface area contributed by atoms with Gasteiger partial charge in [0, 0.05) is 12.3 Å². The number of anilines is 1. The minimum Gasteiger partial charge on any atom is -0.495 e. The van der Waals surface area contributed by atoms with E-state index in [0.29, 0.717) is 18.0 Å². The van der Waals surface area contributed by atoms with E-state index in [-0.39, 0.29) is 12.5 Å². The summed E-state index contributed by atoms with van der Waals surface area (Å²) in [7, 11) is -2.16. The summed E-state index contributed by atoms with van der Waals surface area (Å²) in [5, 5.41) is 2.80. The van der Waals surface area contributed by atoms with Crippen molar-refractivity contribution < 1.29 is 17.9 Å². The Hall–Kier alpha value is -2.19. The van der Waals surface area contributed by atoms with Crippen molar-refractivity contribution in [3.8, 4) is 5.75 Å². The fourth-order valence-corrected chi connectivity index (χ4v) is 4.46. The maximum Gasteiger partial charge on any atom is 0.240 e. The van der Waals surface area contributed by atoms with E-state index in [4.69, 9.17) is 4.74 Å². The van der Waals surface area contributed by atoms with Crippen LogP contribution >= 0.6 is 11.8 Å². The molecule has 0 aliphatic carbocycles. The van der Waals surface area contributed by atoms with E-state index >= 15 is 0 Å². The summed E-state index contributed by atoms with van der Waals surface area (Å²) in [6.07, 6.45) is 1.89. The fraction of sp³-hybridized carbons (Fsp3) is 0.381. The topological polar surface area (TPSA) is 75.7 Å². The van der Waals surface area contributed by atoms with Crippen molar-refractivity contribution in [2.75, 3.05) is 36.5 Å². The molecule has 0 heterocycles. The number of benzene rings is 2. The van der Waals surface area contributed by atoms with Crippen LogP contribution in [0.5, 0.6) is 5.75 Å². The average Bonchev–Trinajstić information content (AvgIpc) is 2.69. The second-order valence-corrected chi connectivity index (χ2v) is 9.70. The number of sulfonamides is 1. The first-order valence-electron chi connectivity index (χ1n) is 9.32. The molecule has 0 aliphatic heterocycles. The molecule has 0 saturated heterocycles. The molecule has 8 heteroatoms. The van der Waals surface area contributed by atoms with Crippen LogP contribution in [0.25, 0.3) is 0 Å². The summed E-state index contributed by atoms with van der Waals surface area (Å²) >= 11 is 1.81. The number of para-hydroxylation sites is 2. The number of nitrogens with zero attached hydrogens (tertiary/aromatic N) is 1. The molecule has 0 radical (unpaired) electrons. The summed E-state index contributed by atoms with van der Waals surface area (Å²) in [5.41, 5.74) is 2.88. The molecule has 0 bridgehead atoms. The van der Waals surface area contributed by atoms with E-state index in [0.717, 1.165) is 28.5 Å². The van der Waals surface area contributed by atoms with Crippen LogP contribution in [-0.2, 0) is 20.6 Å². The summed E-state index contributed by atoms with van der Waals surface area (Å²) in [6, 6.07) is 15.2. The van der Waals surface area contributed by atoms with Gasteiger partial charge in [-0.15, -0.1) is 0 Å². The molecule has 0 saturated carbocycles. The van der Waals surface area contributed by atoms with Crippen LogP contribution in [0, 0.1) is 6.92 Å². The highest BCUT2D eigenvalue weighted by atomic mass is 32.2. The van der Waals surface area contributed by atoms with Gasteiger partial charge in [-0.3, -0.25) is 9.10 Å². The number of nitrogens with one attached hydrogen (secondary N) is 1. The first-order valence-corrected chi connectivity index (χ1v) is 12.3. The van der Waals surface area contributed by atoms with E-state index in [9.17, 15) is 13.2 Å². The predicted octanol–water partition coefficient (Wildman–Crippen LogP) is 3.21. The lowest BCUT2D eigenvalue weighted by Gasteiger charge is -2.23. The summed E-state index contributed by atoms with van der Waals surface area (Å²) < 4.78 is 30.7. The summed E-state index contributed by atoms with van der Waals surface area (Å²) in [6.45, 7) is 2.29. The van der Waals surface area contributed by atoms with Crippen molar-refractivity contribution in [1.29, 1.82) is 0 Å². The Bertz CT molecular complexity index is 899. The zero-order chi connectivity index (χ0) is 21.3. The number of carbonyl (C=O) groups is 1. The Balaban J connectivity index is 1.79. The van der Waals surface area contributed by atoms with Crippen molar-refractivity contribution in [3.05, 3.63) is 59.7 Å². The van der Waals surface area contributed by atoms with Crippen molar-refractivity contribution in [2.45, 2.75) is 19.1 Å². The molecule has 0 unspecified atom stereocenters. The van der Waals surface area contributed by atoms with Crippen LogP contribution in [-0.4, -0.2) is 46.5 Å². The summed E-state index contributed by atoms with van der Waals surface area (Å²) in [4.78, 5) is 12.3. The van der Waals surface area contributed by atoms with E-state index in [1.54, 1.807) is 24.3 Å². The van der Waals surface area contributed by atoms with Gasteiger partial charge in [-0.25, -0.2) is 8.42 Å². The van der Waals surface area contributed by atoms with E-state index in [1.165, 1.54) is 18.2 Å². The van der Waals surface area contributed by atoms with Gasteiger partial charge in [0.1, 0.15) is 12.3 Å². The number of thioether (sulfide) groups is 1. The number of hydrogen-bond donors (Lipinski definition) is 1. The second kappa shape index (κ2) is 11.1.